The number of methoxy groups -OCH3 is 2. The predicted molar refractivity (Wildman–Crippen MR) is 96.3 cm³/mol. The van der Waals surface area contributed by atoms with Crippen LogP contribution in [-0.4, -0.2) is 38.7 Å². The SMILES string of the molecule is CCOC(=O)NC(=O)c1ccsc1NC(=O)c1ccc(OC)cc1OC. The van der Waals surface area contributed by atoms with Gasteiger partial charge in [-0.05, 0) is 30.5 Å². The lowest BCUT2D eigenvalue weighted by Gasteiger charge is -2.11. The van der Waals surface area contributed by atoms with E-state index in [1.807, 2.05) is 0 Å². The number of benzene rings is 1. The van der Waals surface area contributed by atoms with Gasteiger partial charge in [-0.1, -0.05) is 0 Å². The van der Waals surface area contributed by atoms with Gasteiger partial charge in [0, 0.05) is 6.07 Å². The topological polar surface area (TPSA) is 103 Å². The molecule has 0 saturated carbocycles. The molecule has 138 valence electrons. The molecule has 0 radical (unpaired) electrons. The van der Waals surface area contributed by atoms with Crippen LogP contribution in [-0.2, 0) is 4.74 Å². The molecule has 2 rings (SSSR count). The average Bonchev–Trinajstić information content (AvgIpc) is 3.09. The fourth-order valence-corrected chi connectivity index (χ4v) is 2.85. The van der Waals surface area contributed by atoms with E-state index in [1.165, 1.54) is 20.3 Å². The second-order valence-electron chi connectivity index (χ2n) is 4.86. The fraction of sp³-hybridized carbons (Fsp3) is 0.235. The van der Waals surface area contributed by atoms with Gasteiger partial charge in [-0.3, -0.25) is 14.9 Å². The van der Waals surface area contributed by atoms with Gasteiger partial charge in [0.05, 0.1) is 32.0 Å². The Bertz CT molecular complexity index is 817. The summed E-state index contributed by atoms with van der Waals surface area (Å²) in [6.45, 7) is 1.77. The van der Waals surface area contributed by atoms with Gasteiger partial charge in [-0.2, -0.15) is 0 Å². The maximum atomic E-state index is 12.5. The van der Waals surface area contributed by atoms with E-state index >= 15 is 0 Å². The van der Waals surface area contributed by atoms with Crippen molar-refractivity contribution in [3.63, 3.8) is 0 Å². The minimum absolute atomic E-state index is 0.142. The fourth-order valence-electron chi connectivity index (χ4n) is 2.07. The van der Waals surface area contributed by atoms with Crippen LogP contribution in [0.5, 0.6) is 11.5 Å². The number of anilines is 1. The first-order valence-corrected chi connectivity index (χ1v) is 8.47. The minimum Gasteiger partial charge on any atom is -0.497 e. The molecule has 2 aromatic rings. The molecular weight excluding hydrogens is 360 g/mol. The quantitative estimate of drug-likeness (QED) is 0.801. The number of alkyl carbamates (subject to hydrolysis) is 1. The standard InChI is InChI=1S/C17H18N2O6S/c1-4-25-17(22)19-15(21)12-7-8-26-16(12)18-14(20)11-6-5-10(23-2)9-13(11)24-3/h5-9H,4H2,1-3H3,(H,18,20)(H,19,21,22). The molecule has 1 aromatic carbocycles. The molecule has 1 aromatic heterocycles. The Labute approximate surface area is 154 Å². The molecule has 8 nitrogen and oxygen atoms in total. The van der Waals surface area contributed by atoms with E-state index in [0.29, 0.717) is 16.5 Å². The molecule has 2 N–H and O–H groups in total. The van der Waals surface area contributed by atoms with Crippen molar-refractivity contribution in [3.05, 3.63) is 40.8 Å². The number of hydrogen-bond acceptors (Lipinski definition) is 7. The van der Waals surface area contributed by atoms with Crippen LogP contribution < -0.4 is 20.1 Å². The van der Waals surface area contributed by atoms with Gasteiger partial charge in [0.25, 0.3) is 11.8 Å². The molecule has 0 spiro atoms. The summed E-state index contributed by atoms with van der Waals surface area (Å²) in [5.41, 5.74) is 0.433. The van der Waals surface area contributed by atoms with Gasteiger partial charge in [-0.15, -0.1) is 11.3 Å². The van der Waals surface area contributed by atoms with Crippen LogP contribution in [0.25, 0.3) is 0 Å². The molecule has 0 fully saturated rings. The number of hydrogen-bond donors (Lipinski definition) is 2. The van der Waals surface area contributed by atoms with Crippen LogP contribution in [0.4, 0.5) is 9.80 Å². The van der Waals surface area contributed by atoms with Crippen LogP contribution in [0, 0.1) is 0 Å². The molecule has 0 aliphatic rings. The third-order valence-corrected chi connectivity index (χ3v) is 4.11. The van der Waals surface area contributed by atoms with Crippen LogP contribution in [0.3, 0.4) is 0 Å². The summed E-state index contributed by atoms with van der Waals surface area (Å²) in [7, 11) is 2.95. The van der Waals surface area contributed by atoms with E-state index in [-0.39, 0.29) is 17.7 Å². The molecule has 26 heavy (non-hydrogen) atoms. The molecule has 1 heterocycles. The van der Waals surface area contributed by atoms with Crippen molar-refractivity contribution in [2.45, 2.75) is 6.92 Å². The van der Waals surface area contributed by atoms with Crippen LogP contribution in [0.15, 0.2) is 29.6 Å². The van der Waals surface area contributed by atoms with E-state index in [1.54, 1.807) is 30.5 Å². The van der Waals surface area contributed by atoms with Crippen molar-refractivity contribution in [1.82, 2.24) is 5.32 Å². The first-order valence-electron chi connectivity index (χ1n) is 7.59. The minimum atomic E-state index is -0.849. The van der Waals surface area contributed by atoms with Crippen LogP contribution in [0.1, 0.15) is 27.6 Å². The Kier molecular flexibility index (Phi) is 6.56. The van der Waals surface area contributed by atoms with Crippen molar-refractivity contribution in [1.29, 1.82) is 0 Å². The second-order valence-corrected chi connectivity index (χ2v) is 5.77. The summed E-state index contributed by atoms with van der Waals surface area (Å²) < 4.78 is 15.0. The summed E-state index contributed by atoms with van der Waals surface area (Å²) in [5.74, 6) is -0.251. The lowest BCUT2D eigenvalue weighted by atomic mass is 10.1. The average molecular weight is 378 g/mol. The molecular formula is C17H18N2O6S. The highest BCUT2D eigenvalue weighted by Gasteiger charge is 2.20. The number of carbonyl (C=O) groups excluding carboxylic acids is 3. The molecule has 0 saturated heterocycles. The molecule has 9 heteroatoms. The van der Waals surface area contributed by atoms with E-state index in [2.05, 4.69) is 15.4 Å². The highest BCUT2D eigenvalue weighted by molar-refractivity contribution is 7.14. The summed E-state index contributed by atoms with van der Waals surface area (Å²) in [6, 6.07) is 6.26. The zero-order valence-electron chi connectivity index (χ0n) is 14.5. The smallest absolute Gasteiger partial charge is 0.414 e. The van der Waals surface area contributed by atoms with Gasteiger partial charge < -0.3 is 19.5 Å². The lowest BCUT2D eigenvalue weighted by Crippen LogP contribution is -2.31. The summed E-state index contributed by atoms with van der Waals surface area (Å²) >= 11 is 1.15. The molecule has 0 aliphatic carbocycles. The molecule has 0 unspecified atom stereocenters. The van der Waals surface area contributed by atoms with Crippen molar-refractivity contribution in [2.75, 3.05) is 26.1 Å². The van der Waals surface area contributed by atoms with Crippen LogP contribution in [0.2, 0.25) is 0 Å². The third-order valence-electron chi connectivity index (χ3n) is 3.28. The summed E-state index contributed by atoms with van der Waals surface area (Å²) in [6.07, 6.45) is -0.849. The Morgan fingerprint density at radius 1 is 1.04 bits per heavy atom. The van der Waals surface area contributed by atoms with Crippen LogP contribution >= 0.6 is 11.3 Å². The van der Waals surface area contributed by atoms with Gasteiger partial charge in [0.2, 0.25) is 0 Å². The molecule has 0 aliphatic heterocycles. The summed E-state index contributed by atoms with van der Waals surface area (Å²) in [4.78, 5) is 36.1. The number of carbonyl (C=O) groups is 3. The number of imide groups is 1. The Morgan fingerprint density at radius 2 is 1.81 bits per heavy atom. The molecule has 0 bridgehead atoms. The van der Waals surface area contributed by atoms with Crippen molar-refractivity contribution < 1.29 is 28.6 Å². The van der Waals surface area contributed by atoms with Gasteiger partial charge in [0.15, 0.2) is 0 Å². The number of thiophene rings is 1. The highest BCUT2D eigenvalue weighted by Crippen LogP contribution is 2.28. The van der Waals surface area contributed by atoms with Gasteiger partial charge in [-0.25, -0.2) is 4.79 Å². The number of nitrogens with one attached hydrogen (secondary N) is 2. The number of rotatable bonds is 6. The maximum absolute atomic E-state index is 12.5. The van der Waals surface area contributed by atoms with Crippen molar-refractivity contribution in [2.24, 2.45) is 0 Å². The number of ether oxygens (including phenoxy) is 3. The third kappa shape index (κ3) is 4.51. The Hall–Kier alpha value is -3.07. The maximum Gasteiger partial charge on any atom is 0.414 e. The first kappa shape index (κ1) is 19.3. The van der Waals surface area contributed by atoms with Gasteiger partial charge in [0.1, 0.15) is 16.5 Å². The zero-order chi connectivity index (χ0) is 19.1. The zero-order valence-corrected chi connectivity index (χ0v) is 15.3. The predicted octanol–water partition coefficient (Wildman–Crippen LogP) is 2.90. The first-order chi connectivity index (χ1) is 12.5. The molecule has 0 atom stereocenters. The largest absolute Gasteiger partial charge is 0.497 e. The van der Waals surface area contributed by atoms with E-state index < -0.39 is 17.9 Å². The summed E-state index contributed by atoms with van der Waals surface area (Å²) in [5, 5.41) is 6.67. The number of amides is 3. The monoisotopic (exact) mass is 378 g/mol. The highest BCUT2D eigenvalue weighted by atomic mass is 32.1. The second kappa shape index (κ2) is 8.86. The Balaban J connectivity index is 2.17. The van der Waals surface area contributed by atoms with Crippen molar-refractivity contribution >= 4 is 34.2 Å². The lowest BCUT2D eigenvalue weighted by molar-refractivity contribution is 0.0926. The normalized spacial score (nSPS) is 9.96. The van der Waals surface area contributed by atoms with E-state index in [4.69, 9.17) is 9.47 Å². The van der Waals surface area contributed by atoms with E-state index in [0.717, 1.165) is 11.3 Å². The van der Waals surface area contributed by atoms with Crippen molar-refractivity contribution in [3.8, 4) is 11.5 Å². The van der Waals surface area contributed by atoms with E-state index in [9.17, 15) is 14.4 Å². The molecule has 3 amide bonds. The Morgan fingerprint density at radius 3 is 2.46 bits per heavy atom. The van der Waals surface area contributed by atoms with Gasteiger partial charge >= 0.3 is 6.09 Å².